The lowest BCUT2D eigenvalue weighted by molar-refractivity contribution is -0.156. The Bertz CT molecular complexity index is 592. The first-order chi connectivity index (χ1) is 11.5. The quantitative estimate of drug-likeness (QED) is 0.701. The highest BCUT2D eigenvalue weighted by atomic mass is 35.5. The molecule has 0 spiro atoms. The number of hydrogen-bond acceptors (Lipinski definition) is 3. The summed E-state index contributed by atoms with van der Waals surface area (Å²) in [6, 6.07) is 5.09. The van der Waals surface area contributed by atoms with E-state index in [1.54, 1.807) is 17.9 Å². The van der Waals surface area contributed by atoms with Crippen molar-refractivity contribution in [2.75, 3.05) is 13.2 Å². The lowest BCUT2D eigenvalue weighted by Gasteiger charge is -2.34. The third kappa shape index (κ3) is 5.12. The largest absolute Gasteiger partial charge is 0.464 e. The summed E-state index contributed by atoms with van der Waals surface area (Å²) in [5.74, 6) is -0.261. The Balaban J connectivity index is 1.87. The number of amides is 1. The van der Waals surface area contributed by atoms with E-state index in [1.165, 1.54) is 0 Å². The molecule has 0 saturated carbocycles. The zero-order valence-corrected chi connectivity index (χ0v) is 15.4. The molecule has 1 amide bonds. The van der Waals surface area contributed by atoms with Crippen LogP contribution in [0.5, 0.6) is 0 Å². The average molecular weight is 372 g/mol. The molecular formula is C18H23Cl2NO3. The van der Waals surface area contributed by atoms with Crippen LogP contribution in [0.15, 0.2) is 18.2 Å². The van der Waals surface area contributed by atoms with Gasteiger partial charge in [-0.2, -0.15) is 0 Å². The second-order valence-electron chi connectivity index (χ2n) is 5.95. The standard InChI is InChI=1S/C18H23Cl2NO3/c1-2-24-18(23)16-7-3-4-11-21(16)17(22)8-5-6-13-9-10-14(19)15(20)12-13/h9-10,12,16H,2-8,11H2,1H3. The molecule has 1 aliphatic heterocycles. The van der Waals surface area contributed by atoms with Crippen LogP contribution in [-0.2, 0) is 20.7 Å². The predicted octanol–water partition coefficient (Wildman–Crippen LogP) is 4.26. The normalized spacial score (nSPS) is 17.6. The Morgan fingerprint density at radius 2 is 2.04 bits per heavy atom. The van der Waals surface area contributed by atoms with E-state index < -0.39 is 6.04 Å². The maximum atomic E-state index is 12.5. The van der Waals surface area contributed by atoms with Crippen molar-refractivity contribution < 1.29 is 14.3 Å². The van der Waals surface area contributed by atoms with E-state index in [0.29, 0.717) is 42.5 Å². The van der Waals surface area contributed by atoms with Crippen molar-refractivity contribution in [3.63, 3.8) is 0 Å². The summed E-state index contributed by atoms with van der Waals surface area (Å²) in [7, 11) is 0. The molecule has 6 heteroatoms. The van der Waals surface area contributed by atoms with Gasteiger partial charge in [-0.15, -0.1) is 0 Å². The Kier molecular flexibility index (Phi) is 7.38. The van der Waals surface area contributed by atoms with Gasteiger partial charge in [0.1, 0.15) is 6.04 Å². The SMILES string of the molecule is CCOC(=O)C1CCCCN1C(=O)CCCc1ccc(Cl)c(Cl)c1. The molecule has 0 bridgehead atoms. The number of nitrogens with zero attached hydrogens (tertiary/aromatic N) is 1. The molecule has 4 nitrogen and oxygen atoms in total. The van der Waals surface area contributed by atoms with E-state index in [1.807, 2.05) is 12.1 Å². The minimum atomic E-state index is -0.420. The molecule has 1 heterocycles. The maximum absolute atomic E-state index is 12.5. The highest BCUT2D eigenvalue weighted by Gasteiger charge is 2.32. The van der Waals surface area contributed by atoms with Crippen LogP contribution in [0.2, 0.25) is 10.0 Å². The van der Waals surface area contributed by atoms with Crippen LogP contribution >= 0.6 is 23.2 Å². The van der Waals surface area contributed by atoms with Gasteiger partial charge in [-0.05, 0) is 56.7 Å². The predicted molar refractivity (Wildman–Crippen MR) is 95.4 cm³/mol. The molecule has 1 unspecified atom stereocenters. The van der Waals surface area contributed by atoms with Crippen molar-refractivity contribution in [2.45, 2.75) is 51.5 Å². The Morgan fingerprint density at radius 1 is 1.25 bits per heavy atom. The van der Waals surface area contributed by atoms with Gasteiger partial charge in [0.25, 0.3) is 0 Å². The van der Waals surface area contributed by atoms with Crippen molar-refractivity contribution >= 4 is 35.1 Å². The lowest BCUT2D eigenvalue weighted by Crippen LogP contribution is -2.48. The summed E-state index contributed by atoms with van der Waals surface area (Å²) in [4.78, 5) is 26.2. The van der Waals surface area contributed by atoms with Crippen molar-refractivity contribution in [3.8, 4) is 0 Å². The molecule has 24 heavy (non-hydrogen) atoms. The molecule has 1 aromatic carbocycles. The van der Waals surface area contributed by atoms with Crippen LogP contribution in [0.3, 0.4) is 0 Å². The number of rotatable bonds is 6. The van der Waals surface area contributed by atoms with E-state index in [9.17, 15) is 9.59 Å². The molecule has 0 aliphatic carbocycles. The van der Waals surface area contributed by atoms with Crippen LogP contribution in [0.25, 0.3) is 0 Å². The van der Waals surface area contributed by atoms with Crippen molar-refractivity contribution in [1.29, 1.82) is 0 Å². The van der Waals surface area contributed by atoms with E-state index in [0.717, 1.165) is 24.8 Å². The van der Waals surface area contributed by atoms with Gasteiger partial charge in [-0.1, -0.05) is 29.3 Å². The van der Waals surface area contributed by atoms with Gasteiger partial charge < -0.3 is 9.64 Å². The van der Waals surface area contributed by atoms with Crippen molar-refractivity contribution in [2.24, 2.45) is 0 Å². The zero-order chi connectivity index (χ0) is 17.5. The first-order valence-electron chi connectivity index (χ1n) is 8.43. The summed E-state index contributed by atoms with van der Waals surface area (Å²) >= 11 is 11.9. The molecule has 0 N–H and O–H groups in total. The van der Waals surface area contributed by atoms with Gasteiger partial charge >= 0.3 is 5.97 Å². The number of carbonyl (C=O) groups excluding carboxylic acids is 2. The van der Waals surface area contributed by atoms with Gasteiger partial charge in [0.15, 0.2) is 0 Å². The average Bonchev–Trinajstić information content (AvgIpc) is 2.58. The molecule has 1 saturated heterocycles. The summed E-state index contributed by atoms with van der Waals surface area (Å²) in [5.41, 5.74) is 1.05. The van der Waals surface area contributed by atoms with Crippen LogP contribution in [0.1, 0.15) is 44.6 Å². The van der Waals surface area contributed by atoms with E-state index in [4.69, 9.17) is 27.9 Å². The van der Waals surface area contributed by atoms with Gasteiger partial charge in [0, 0.05) is 13.0 Å². The summed E-state index contributed by atoms with van der Waals surface area (Å²) in [6.45, 7) is 2.76. The second kappa shape index (κ2) is 9.28. The monoisotopic (exact) mass is 371 g/mol. The van der Waals surface area contributed by atoms with Gasteiger partial charge in [-0.3, -0.25) is 4.79 Å². The van der Waals surface area contributed by atoms with Gasteiger partial charge in [-0.25, -0.2) is 4.79 Å². The topological polar surface area (TPSA) is 46.6 Å². The fourth-order valence-electron chi connectivity index (χ4n) is 3.00. The first kappa shape index (κ1) is 19.1. The molecule has 1 fully saturated rings. The smallest absolute Gasteiger partial charge is 0.328 e. The minimum absolute atomic E-state index is 0.0211. The highest BCUT2D eigenvalue weighted by Crippen LogP contribution is 2.24. The number of halogens is 2. The van der Waals surface area contributed by atoms with Crippen molar-refractivity contribution in [1.82, 2.24) is 4.90 Å². The summed E-state index contributed by atoms with van der Waals surface area (Å²) < 4.78 is 5.10. The first-order valence-corrected chi connectivity index (χ1v) is 9.18. The highest BCUT2D eigenvalue weighted by molar-refractivity contribution is 6.42. The number of likely N-dealkylation sites (tertiary alicyclic amines) is 1. The van der Waals surface area contributed by atoms with Gasteiger partial charge in [0.2, 0.25) is 5.91 Å². The Hall–Kier alpha value is -1.26. The molecule has 1 aliphatic rings. The molecule has 1 aromatic rings. The van der Waals surface area contributed by atoms with E-state index in [2.05, 4.69) is 0 Å². The number of esters is 1. The molecule has 2 rings (SSSR count). The number of benzene rings is 1. The van der Waals surface area contributed by atoms with Gasteiger partial charge in [0.05, 0.1) is 16.7 Å². The van der Waals surface area contributed by atoms with Crippen LogP contribution in [-0.4, -0.2) is 36.0 Å². The Labute approximate surface area is 153 Å². The number of piperidine rings is 1. The second-order valence-corrected chi connectivity index (χ2v) is 6.77. The number of ether oxygens (including phenoxy) is 1. The lowest BCUT2D eigenvalue weighted by atomic mass is 10.0. The van der Waals surface area contributed by atoms with E-state index in [-0.39, 0.29) is 11.9 Å². The molecule has 0 radical (unpaired) electrons. The van der Waals surface area contributed by atoms with Crippen LogP contribution in [0, 0.1) is 0 Å². The minimum Gasteiger partial charge on any atom is -0.464 e. The van der Waals surface area contributed by atoms with Crippen LogP contribution in [0.4, 0.5) is 0 Å². The summed E-state index contributed by atoms with van der Waals surface area (Å²) in [6.07, 6.45) is 4.46. The maximum Gasteiger partial charge on any atom is 0.328 e. The zero-order valence-electron chi connectivity index (χ0n) is 13.9. The fourth-order valence-corrected chi connectivity index (χ4v) is 3.32. The third-order valence-corrected chi connectivity index (χ3v) is 4.96. The molecule has 132 valence electrons. The number of carbonyl (C=O) groups is 2. The Morgan fingerprint density at radius 3 is 2.75 bits per heavy atom. The fraction of sp³-hybridized carbons (Fsp3) is 0.556. The van der Waals surface area contributed by atoms with Crippen LogP contribution < -0.4 is 0 Å². The molecule has 1 atom stereocenters. The summed E-state index contributed by atoms with van der Waals surface area (Å²) in [5, 5.41) is 1.06. The van der Waals surface area contributed by atoms with E-state index >= 15 is 0 Å². The third-order valence-electron chi connectivity index (χ3n) is 4.22. The molecular weight excluding hydrogens is 349 g/mol. The number of hydrogen-bond donors (Lipinski definition) is 0. The number of aryl methyl sites for hydroxylation is 1. The van der Waals surface area contributed by atoms with Crippen molar-refractivity contribution in [3.05, 3.63) is 33.8 Å². The molecule has 0 aromatic heterocycles.